The van der Waals surface area contributed by atoms with Crippen molar-refractivity contribution in [2.24, 2.45) is 11.8 Å². The molecule has 1 aromatic rings. The van der Waals surface area contributed by atoms with Gasteiger partial charge in [-0.15, -0.1) is 0 Å². The van der Waals surface area contributed by atoms with Crippen molar-refractivity contribution in [1.29, 1.82) is 0 Å². The first-order chi connectivity index (χ1) is 11.2. The zero-order valence-electron chi connectivity index (χ0n) is 13.4. The van der Waals surface area contributed by atoms with Crippen molar-refractivity contribution in [3.63, 3.8) is 0 Å². The summed E-state index contributed by atoms with van der Waals surface area (Å²) in [4.78, 5) is 13.4. The van der Waals surface area contributed by atoms with Crippen LogP contribution in [0.25, 0.3) is 0 Å². The maximum atomic E-state index is 9.42. The standard InChI is InChI=1S/C16H25ClN4O2/c17-14-7-18-16(21-6-2-4-13(9-21)11-23)19-15(14)20-5-1-3-12(8-20)10-22/h7,12-13,22-23H,1-6,8-11H2. The van der Waals surface area contributed by atoms with E-state index in [0.29, 0.717) is 16.9 Å². The van der Waals surface area contributed by atoms with Gasteiger partial charge in [-0.1, -0.05) is 11.6 Å². The van der Waals surface area contributed by atoms with Gasteiger partial charge in [0, 0.05) is 39.4 Å². The summed E-state index contributed by atoms with van der Waals surface area (Å²) in [7, 11) is 0. The fourth-order valence-corrected chi connectivity index (χ4v) is 3.74. The quantitative estimate of drug-likeness (QED) is 0.866. The molecule has 0 bridgehead atoms. The number of hydrogen-bond acceptors (Lipinski definition) is 6. The Balaban J connectivity index is 1.78. The molecule has 0 aliphatic carbocycles. The molecular formula is C16H25ClN4O2. The third-order valence-corrected chi connectivity index (χ3v) is 5.12. The Labute approximate surface area is 142 Å². The van der Waals surface area contributed by atoms with Crippen LogP contribution in [-0.4, -0.2) is 59.6 Å². The molecule has 3 rings (SSSR count). The minimum Gasteiger partial charge on any atom is -0.396 e. The number of aliphatic hydroxyl groups is 2. The summed E-state index contributed by atoms with van der Waals surface area (Å²) < 4.78 is 0. The Morgan fingerprint density at radius 2 is 1.65 bits per heavy atom. The Kier molecular flexibility index (Phi) is 5.56. The van der Waals surface area contributed by atoms with Crippen molar-refractivity contribution in [3.05, 3.63) is 11.2 Å². The van der Waals surface area contributed by atoms with Crippen molar-refractivity contribution >= 4 is 23.4 Å². The van der Waals surface area contributed by atoms with E-state index in [4.69, 9.17) is 16.6 Å². The molecule has 1 aromatic heterocycles. The van der Waals surface area contributed by atoms with E-state index in [-0.39, 0.29) is 19.1 Å². The summed E-state index contributed by atoms with van der Waals surface area (Å²) in [5.41, 5.74) is 0. The number of aromatic nitrogens is 2. The van der Waals surface area contributed by atoms with E-state index in [1.165, 1.54) is 0 Å². The molecule has 6 nitrogen and oxygen atoms in total. The van der Waals surface area contributed by atoms with Crippen molar-refractivity contribution < 1.29 is 10.2 Å². The van der Waals surface area contributed by atoms with Crippen LogP contribution < -0.4 is 9.80 Å². The first-order valence-corrected chi connectivity index (χ1v) is 8.83. The van der Waals surface area contributed by atoms with E-state index in [2.05, 4.69) is 14.8 Å². The van der Waals surface area contributed by atoms with E-state index in [0.717, 1.165) is 57.7 Å². The maximum Gasteiger partial charge on any atom is 0.227 e. The lowest BCUT2D eigenvalue weighted by atomic mass is 9.99. The Morgan fingerprint density at radius 3 is 2.30 bits per heavy atom. The molecule has 0 spiro atoms. The second-order valence-corrected chi connectivity index (χ2v) is 7.02. The van der Waals surface area contributed by atoms with Gasteiger partial charge in [0.25, 0.3) is 0 Å². The summed E-state index contributed by atoms with van der Waals surface area (Å²) in [5.74, 6) is 2.03. The largest absolute Gasteiger partial charge is 0.396 e. The summed E-state index contributed by atoms with van der Waals surface area (Å²) in [6, 6.07) is 0. The Bertz CT molecular complexity index is 531. The number of halogens is 1. The van der Waals surface area contributed by atoms with E-state index < -0.39 is 0 Å². The number of piperidine rings is 2. The van der Waals surface area contributed by atoms with Crippen LogP contribution in [0.1, 0.15) is 25.7 Å². The van der Waals surface area contributed by atoms with Gasteiger partial charge in [-0.05, 0) is 37.5 Å². The van der Waals surface area contributed by atoms with Gasteiger partial charge in [-0.25, -0.2) is 4.98 Å². The predicted octanol–water partition coefficient (Wildman–Crippen LogP) is 1.55. The van der Waals surface area contributed by atoms with Crippen molar-refractivity contribution in [1.82, 2.24) is 9.97 Å². The first-order valence-electron chi connectivity index (χ1n) is 8.45. The van der Waals surface area contributed by atoms with Crippen molar-refractivity contribution in [2.75, 3.05) is 49.2 Å². The molecule has 0 saturated carbocycles. The average molecular weight is 341 g/mol. The smallest absolute Gasteiger partial charge is 0.227 e. The number of rotatable bonds is 4. The molecule has 0 amide bonds. The first kappa shape index (κ1) is 16.7. The molecule has 2 N–H and O–H groups in total. The lowest BCUT2D eigenvalue weighted by Crippen LogP contribution is -2.39. The molecule has 0 aromatic carbocycles. The second-order valence-electron chi connectivity index (χ2n) is 6.62. The van der Waals surface area contributed by atoms with Crippen LogP contribution in [0.3, 0.4) is 0 Å². The van der Waals surface area contributed by atoms with Gasteiger partial charge < -0.3 is 20.0 Å². The second kappa shape index (κ2) is 7.64. The molecule has 2 aliphatic heterocycles. The number of anilines is 2. The highest BCUT2D eigenvalue weighted by atomic mass is 35.5. The van der Waals surface area contributed by atoms with Crippen LogP contribution in [0.2, 0.25) is 5.02 Å². The molecule has 2 fully saturated rings. The zero-order chi connectivity index (χ0) is 16.2. The molecule has 0 radical (unpaired) electrons. The molecule has 128 valence electrons. The van der Waals surface area contributed by atoms with E-state index in [1.54, 1.807) is 6.20 Å². The van der Waals surface area contributed by atoms with Gasteiger partial charge in [0.1, 0.15) is 5.02 Å². The predicted molar refractivity (Wildman–Crippen MR) is 91.1 cm³/mol. The Hall–Kier alpha value is -1.11. The molecule has 2 atom stereocenters. The van der Waals surface area contributed by atoms with Crippen LogP contribution in [0.5, 0.6) is 0 Å². The lowest BCUT2D eigenvalue weighted by Gasteiger charge is -2.35. The highest BCUT2D eigenvalue weighted by molar-refractivity contribution is 6.32. The highest BCUT2D eigenvalue weighted by Gasteiger charge is 2.25. The van der Waals surface area contributed by atoms with Crippen LogP contribution in [0.15, 0.2) is 6.20 Å². The summed E-state index contributed by atoms with van der Waals surface area (Å²) >= 11 is 6.33. The summed E-state index contributed by atoms with van der Waals surface area (Å²) in [6.45, 7) is 3.81. The van der Waals surface area contributed by atoms with Crippen molar-refractivity contribution in [2.45, 2.75) is 25.7 Å². The van der Waals surface area contributed by atoms with E-state index in [9.17, 15) is 10.2 Å². The van der Waals surface area contributed by atoms with E-state index >= 15 is 0 Å². The molecule has 7 heteroatoms. The third kappa shape index (κ3) is 3.87. The van der Waals surface area contributed by atoms with Gasteiger partial charge in [-0.3, -0.25) is 0 Å². The fourth-order valence-electron chi connectivity index (χ4n) is 3.53. The summed E-state index contributed by atoms with van der Waals surface area (Å²) in [5, 5.41) is 19.4. The van der Waals surface area contributed by atoms with Crippen LogP contribution in [0, 0.1) is 11.8 Å². The molecule has 2 aliphatic rings. The van der Waals surface area contributed by atoms with Crippen LogP contribution in [0.4, 0.5) is 11.8 Å². The SMILES string of the molecule is OCC1CCCN(c2ncc(Cl)c(N3CCCC(CO)C3)n2)C1. The Morgan fingerprint density at radius 1 is 1.04 bits per heavy atom. The van der Waals surface area contributed by atoms with Gasteiger partial charge in [-0.2, -0.15) is 4.98 Å². The number of nitrogens with zero attached hydrogens (tertiary/aromatic N) is 4. The molecule has 2 saturated heterocycles. The molecule has 2 unspecified atom stereocenters. The highest BCUT2D eigenvalue weighted by Crippen LogP contribution is 2.30. The number of hydrogen-bond donors (Lipinski definition) is 2. The van der Waals surface area contributed by atoms with Gasteiger partial charge in [0.2, 0.25) is 5.95 Å². The minimum absolute atomic E-state index is 0.205. The van der Waals surface area contributed by atoms with Gasteiger partial charge in [0.05, 0.1) is 6.20 Å². The van der Waals surface area contributed by atoms with Crippen molar-refractivity contribution in [3.8, 4) is 0 Å². The monoisotopic (exact) mass is 340 g/mol. The number of aliphatic hydroxyl groups excluding tert-OH is 2. The van der Waals surface area contributed by atoms with Gasteiger partial charge >= 0.3 is 0 Å². The maximum absolute atomic E-state index is 9.42. The topological polar surface area (TPSA) is 72.7 Å². The lowest BCUT2D eigenvalue weighted by molar-refractivity contribution is 0.207. The fraction of sp³-hybridized carbons (Fsp3) is 0.750. The van der Waals surface area contributed by atoms with Crippen LogP contribution in [-0.2, 0) is 0 Å². The zero-order valence-corrected chi connectivity index (χ0v) is 14.1. The third-order valence-electron chi connectivity index (χ3n) is 4.85. The molecule has 3 heterocycles. The minimum atomic E-state index is 0.205. The van der Waals surface area contributed by atoms with E-state index in [1.807, 2.05) is 0 Å². The average Bonchev–Trinajstić information content (AvgIpc) is 2.62. The van der Waals surface area contributed by atoms with Crippen LogP contribution >= 0.6 is 11.6 Å². The molecular weight excluding hydrogens is 316 g/mol. The molecule has 23 heavy (non-hydrogen) atoms. The normalized spacial score (nSPS) is 25.7. The summed E-state index contributed by atoms with van der Waals surface area (Å²) in [6.07, 6.45) is 5.86. The van der Waals surface area contributed by atoms with Gasteiger partial charge in [0.15, 0.2) is 5.82 Å².